The Labute approximate surface area is 157 Å². The maximum Gasteiger partial charge on any atom is 0.573 e. The summed E-state index contributed by atoms with van der Waals surface area (Å²) in [6.45, 7) is 4.66. The summed E-state index contributed by atoms with van der Waals surface area (Å²) in [6.07, 6.45) is -4.98. The molecule has 3 rings (SSSR count). The Morgan fingerprint density at radius 3 is 2.39 bits per heavy atom. The SMILES string of the molecule is Cc1nnc(-c2c(C)[nH]c(C)c2S(=O)(=O)Nc2ccccc2OC(F)(F)F)o1. The highest BCUT2D eigenvalue weighted by Gasteiger charge is 2.34. The summed E-state index contributed by atoms with van der Waals surface area (Å²) < 4.78 is 75.2. The number of halogens is 3. The number of anilines is 1. The van der Waals surface area contributed by atoms with E-state index in [0.717, 1.165) is 12.1 Å². The van der Waals surface area contributed by atoms with Gasteiger partial charge in [0.05, 0.1) is 11.3 Å². The van der Waals surface area contributed by atoms with Crippen LogP contribution in [0.2, 0.25) is 0 Å². The summed E-state index contributed by atoms with van der Waals surface area (Å²) in [7, 11) is -4.33. The molecule has 0 bridgehead atoms. The quantitative estimate of drug-likeness (QED) is 0.656. The average molecular weight is 416 g/mol. The summed E-state index contributed by atoms with van der Waals surface area (Å²) in [5.41, 5.74) is 0.469. The lowest BCUT2D eigenvalue weighted by atomic mass is 10.2. The normalized spacial score (nSPS) is 12.2. The number of nitrogens with one attached hydrogen (secondary N) is 2. The van der Waals surface area contributed by atoms with Crippen molar-refractivity contribution in [2.45, 2.75) is 32.0 Å². The molecular weight excluding hydrogens is 401 g/mol. The molecular formula is C16H15F3N4O4S. The van der Waals surface area contributed by atoms with E-state index >= 15 is 0 Å². The highest BCUT2D eigenvalue weighted by molar-refractivity contribution is 7.93. The van der Waals surface area contributed by atoms with Crippen molar-refractivity contribution in [2.75, 3.05) is 4.72 Å². The van der Waals surface area contributed by atoms with Crippen LogP contribution < -0.4 is 9.46 Å². The minimum atomic E-state index is -4.98. The molecule has 0 fully saturated rings. The van der Waals surface area contributed by atoms with Crippen molar-refractivity contribution in [2.24, 2.45) is 0 Å². The first-order valence-corrected chi connectivity index (χ1v) is 9.33. The molecule has 12 heteroatoms. The number of aryl methyl sites for hydroxylation is 3. The third-order valence-corrected chi connectivity index (χ3v) is 5.22. The van der Waals surface area contributed by atoms with E-state index in [1.54, 1.807) is 13.8 Å². The molecule has 0 amide bonds. The highest BCUT2D eigenvalue weighted by atomic mass is 32.2. The minimum absolute atomic E-state index is 0.0282. The van der Waals surface area contributed by atoms with E-state index in [0.29, 0.717) is 5.69 Å². The molecule has 0 atom stereocenters. The van der Waals surface area contributed by atoms with Crippen LogP contribution in [0.5, 0.6) is 5.75 Å². The average Bonchev–Trinajstić information content (AvgIpc) is 3.10. The van der Waals surface area contributed by atoms with Crippen molar-refractivity contribution < 1.29 is 30.7 Å². The van der Waals surface area contributed by atoms with E-state index in [-0.39, 0.29) is 33.6 Å². The van der Waals surface area contributed by atoms with Crippen LogP contribution in [0.4, 0.5) is 18.9 Å². The number of benzene rings is 1. The molecule has 28 heavy (non-hydrogen) atoms. The molecule has 0 saturated carbocycles. The molecule has 1 aromatic carbocycles. The number of aromatic amines is 1. The lowest BCUT2D eigenvalue weighted by Crippen LogP contribution is -2.20. The molecule has 2 N–H and O–H groups in total. The third-order valence-electron chi connectivity index (χ3n) is 3.68. The molecule has 0 saturated heterocycles. The highest BCUT2D eigenvalue weighted by Crippen LogP contribution is 2.36. The maximum atomic E-state index is 13.0. The van der Waals surface area contributed by atoms with Crippen molar-refractivity contribution in [3.63, 3.8) is 0 Å². The Kier molecular flexibility index (Phi) is 4.83. The Hall–Kier alpha value is -3.02. The van der Waals surface area contributed by atoms with E-state index in [1.165, 1.54) is 19.1 Å². The fourth-order valence-corrected chi connectivity index (χ4v) is 4.23. The Morgan fingerprint density at radius 1 is 1.11 bits per heavy atom. The zero-order chi connectivity index (χ0) is 20.7. The van der Waals surface area contributed by atoms with Gasteiger partial charge in [-0.25, -0.2) is 8.42 Å². The van der Waals surface area contributed by atoms with Gasteiger partial charge in [0.1, 0.15) is 4.90 Å². The second kappa shape index (κ2) is 6.86. The molecule has 0 aliphatic carbocycles. The summed E-state index contributed by atoms with van der Waals surface area (Å²) in [5.74, 6) is -0.480. The summed E-state index contributed by atoms with van der Waals surface area (Å²) in [4.78, 5) is 2.66. The Bertz CT molecular complexity index is 1120. The van der Waals surface area contributed by atoms with Crippen LogP contribution in [-0.4, -0.2) is 30.0 Å². The standard InChI is InChI=1S/C16H15F3N4O4S/c1-8-13(15-22-21-10(3)26-15)14(9(2)20-8)28(24,25)23-11-6-4-5-7-12(11)27-16(17,18)19/h4-7,20,23H,1-3H3. The molecule has 2 heterocycles. The Morgan fingerprint density at radius 2 is 1.79 bits per heavy atom. The van der Waals surface area contributed by atoms with Crippen LogP contribution in [0, 0.1) is 20.8 Å². The van der Waals surface area contributed by atoms with Gasteiger partial charge in [0.15, 0.2) is 5.75 Å². The number of alkyl halides is 3. The van der Waals surface area contributed by atoms with Crippen LogP contribution in [0.1, 0.15) is 17.3 Å². The Balaban J connectivity index is 2.07. The largest absolute Gasteiger partial charge is 0.573 e. The van der Waals surface area contributed by atoms with Gasteiger partial charge in [-0.2, -0.15) is 0 Å². The molecule has 0 spiro atoms. The number of aromatic nitrogens is 3. The lowest BCUT2D eigenvalue weighted by molar-refractivity contribution is -0.274. The van der Waals surface area contributed by atoms with Crippen LogP contribution >= 0.6 is 0 Å². The number of nitrogens with zero attached hydrogens (tertiary/aromatic N) is 2. The van der Waals surface area contributed by atoms with Gasteiger partial charge in [0.2, 0.25) is 5.89 Å². The first kappa shape index (κ1) is 19.7. The number of ether oxygens (including phenoxy) is 1. The van der Waals surface area contributed by atoms with Crippen LogP contribution in [0.15, 0.2) is 33.6 Å². The molecule has 2 aromatic heterocycles. The van der Waals surface area contributed by atoms with E-state index in [9.17, 15) is 21.6 Å². The number of H-pyrrole nitrogens is 1. The molecule has 150 valence electrons. The number of hydrogen-bond acceptors (Lipinski definition) is 6. The first-order valence-electron chi connectivity index (χ1n) is 7.85. The summed E-state index contributed by atoms with van der Waals surface area (Å²) >= 11 is 0. The predicted octanol–water partition coefficient (Wildman–Crippen LogP) is 3.69. The maximum absolute atomic E-state index is 13.0. The monoisotopic (exact) mass is 416 g/mol. The molecule has 0 aliphatic heterocycles. The second-order valence-corrected chi connectivity index (χ2v) is 7.47. The second-order valence-electron chi connectivity index (χ2n) is 5.85. The number of rotatable bonds is 5. The smallest absolute Gasteiger partial charge is 0.421 e. The molecule has 8 nitrogen and oxygen atoms in total. The van der Waals surface area contributed by atoms with Crippen molar-refractivity contribution in [3.05, 3.63) is 41.5 Å². The molecule has 0 aliphatic rings. The van der Waals surface area contributed by atoms with Gasteiger partial charge >= 0.3 is 6.36 Å². The van der Waals surface area contributed by atoms with Gasteiger partial charge in [-0.05, 0) is 26.0 Å². The lowest BCUT2D eigenvalue weighted by Gasteiger charge is -2.15. The van der Waals surface area contributed by atoms with Crippen molar-refractivity contribution in [3.8, 4) is 17.2 Å². The van der Waals surface area contributed by atoms with Gasteiger partial charge < -0.3 is 14.1 Å². The number of para-hydroxylation sites is 2. The van der Waals surface area contributed by atoms with Crippen LogP contribution in [-0.2, 0) is 10.0 Å². The summed E-state index contributed by atoms with van der Waals surface area (Å²) in [6, 6.07) is 4.82. The van der Waals surface area contributed by atoms with Crippen molar-refractivity contribution >= 4 is 15.7 Å². The molecule has 3 aromatic rings. The van der Waals surface area contributed by atoms with E-state index in [2.05, 4.69) is 24.6 Å². The third kappa shape index (κ3) is 3.96. The summed E-state index contributed by atoms with van der Waals surface area (Å²) in [5, 5.41) is 7.52. The molecule has 0 unspecified atom stereocenters. The van der Waals surface area contributed by atoms with Crippen molar-refractivity contribution in [1.82, 2.24) is 15.2 Å². The van der Waals surface area contributed by atoms with Gasteiger partial charge in [-0.3, -0.25) is 4.72 Å². The van der Waals surface area contributed by atoms with Crippen LogP contribution in [0.25, 0.3) is 11.5 Å². The predicted molar refractivity (Wildman–Crippen MR) is 92.2 cm³/mol. The minimum Gasteiger partial charge on any atom is -0.421 e. The fraction of sp³-hybridized carbons (Fsp3) is 0.250. The zero-order valence-corrected chi connectivity index (χ0v) is 15.7. The van der Waals surface area contributed by atoms with E-state index < -0.39 is 22.1 Å². The van der Waals surface area contributed by atoms with Crippen molar-refractivity contribution in [1.29, 1.82) is 0 Å². The van der Waals surface area contributed by atoms with E-state index in [1.807, 2.05) is 0 Å². The van der Waals surface area contributed by atoms with Crippen LogP contribution in [0.3, 0.4) is 0 Å². The van der Waals surface area contributed by atoms with Gasteiger partial charge in [-0.1, -0.05) is 12.1 Å². The van der Waals surface area contributed by atoms with Gasteiger partial charge in [0, 0.05) is 18.3 Å². The topological polar surface area (TPSA) is 110 Å². The molecule has 0 radical (unpaired) electrons. The van der Waals surface area contributed by atoms with Gasteiger partial charge in [0.25, 0.3) is 15.9 Å². The number of sulfonamides is 1. The zero-order valence-electron chi connectivity index (χ0n) is 14.9. The number of hydrogen-bond donors (Lipinski definition) is 2. The fourth-order valence-electron chi connectivity index (χ4n) is 2.71. The van der Waals surface area contributed by atoms with E-state index in [4.69, 9.17) is 4.42 Å². The first-order chi connectivity index (χ1) is 13.0. The van der Waals surface area contributed by atoms with Gasteiger partial charge in [-0.15, -0.1) is 23.4 Å².